The van der Waals surface area contributed by atoms with Crippen molar-refractivity contribution in [3.05, 3.63) is 29.3 Å². The van der Waals surface area contributed by atoms with E-state index in [2.05, 4.69) is 32.2 Å². The monoisotopic (exact) mass is 290 g/mol. The summed E-state index contributed by atoms with van der Waals surface area (Å²) < 4.78 is 5.77. The molecular weight excluding hydrogens is 264 g/mol. The van der Waals surface area contributed by atoms with Gasteiger partial charge in [0.1, 0.15) is 5.75 Å². The Balaban J connectivity index is 1.96. The lowest BCUT2D eigenvalue weighted by atomic mass is 10.1. The van der Waals surface area contributed by atoms with Crippen LogP contribution in [0.4, 0.5) is 0 Å². The summed E-state index contributed by atoms with van der Waals surface area (Å²) >= 11 is 0. The third-order valence-electron chi connectivity index (χ3n) is 3.73. The van der Waals surface area contributed by atoms with Crippen molar-refractivity contribution in [2.75, 3.05) is 19.7 Å². The highest BCUT2D eigenvalue weighted by molar-refractivity contribution is 5.78. The van der Waals surface area contributed by atoms with E-state index >= 15 is 0 Å². The van der Waals surface area contributed by atoms with Gasteiger partial charge in [-0.3, -0.25) is 4.79 Å². The third-order valence-corrected chi connectivity index (χ3v) is 3.73. The molecule has 1 saturated heterocycles. The molecule has 0 unspecified atom stereocenters. The molecule has 1 fully saturated rings. The molecule has 1 aromatic carbocycles. The highest BCUT2D eigenvalue weighted by atomic mass is 16.5. The maximum atomic E-state index is 12.0. The van der Waals surface area contributed by atoms with Crippen LogP contribution in [0.1, 0.15) is 37.8 Å². The van der Waals surface area contributed by atoms with Crippen LogP contribution in [0.5, 0.6) is 5.75 Å². The van der Waals surface area contributed by atoms with Gasteiger partial charge in [0.05, 0.1) is 0 Å². The molecule has 0 atom stereocenters. The average Bonchev–Trinajstić information content (AvgIpc) is 2.98. The van der Waals surface area contributed by atoms with Gasteiger partial charge in [0, 0.05) is 31.2 Å². The molecule has 1 heterocycles. The Bertz CT molecular complexity index is 480. The van der Waals surface area contributed by atoms with Crippen molar-refractivity contribution in [2.24, 2.45) is 0 Å². The first-order valence-electron chi connectivity index (χ1n) is 7.80. The summed E-state index contributed by atoms with van der Waals surface area (Å²) in [6.07, 6.45) is 2.22. The van der Waals surface area contributed by atoms with Gasteiger partial charge in [-0.15, -0.1) is 0 Å². The second-order valence-electron chi connectivity index (χ2n) is 6.02. The Labute approximate surface area is 127 Å². The number of carbonyl (C=O) groups excluding carboxylic acids is 1. The number of rotatable bonds is 6. The molecular formula is C17H26N2O2. The first-order valence-corrected chi connectivity index (χ1v) is 7.80. The highest BCUT2D eigenvalue weighted by Crippen LogP contribution is 2.20. The molecule has 0 spiro atoms. The van der Waals surface area contributed by atoms with Crippen molar-refractivity contribution in [2.45, 2.75) is 46.2 Å². The molecule has 0 bridgehead atoms. The first kappa shape index (κ1) is 15.8. The lowest BCUT2D eigenvalue weighted by Gasteiger charge is -2.18. The SMILES string of the molecule is Cc1ccc(OCC(=O)N2CCCC2)c(CNC(C)C)c1. The van der Waals surface area contributed by atoms with Gasteiger partial charge < -0.3 is 15.0 Å². The van der Waals surface area contributed by atoms with E-state index in [0.29, 0.717) is 6.04 Å². The Morgan fingerprint density at radius 1 is 1.33 bits per heavy atom. The smallest absolute Gasteiger partial charge is 0.260 e. The molecule has 4 heteroatoms. The van der Waals surface area contributed by atoms with Gasteiger partial charge in [-0.05, 0) is 25.8 Å². The van der Waals surface area contributed by atoms with Crippen molar-refractivity contribution < 1.29 is 9.53 Å². The van der Waals surface area contributed by atoms with Crippen LogP contribution in [0.2, 0.25) is 0 Å². The lowest BCUT2D eigenvalue weighted by Crippen LogP contribution is -2.32. The Kier molecular flexibility index (Phi) is 5.62. The second kappa shape index (κ2) is 7.46. The molecule has 1 aromatic rings. The van der Waals surface area contributed by atoms with Gasteiger partial charge in [-0.2, -0.15) is 0 Å². The van der Waals surface area contributed by atoms with Gasteiger partial charge in [-0.1, -0.05) is 31.5 Å². The number of hydrogen-bond acceptors (Lipinski definition) is 3. The summed E-state index contributed by atoms with van der Waals surface area (Å²) in [6.45, 7) is 8.94. The van der Waals surface area contributed by atoms with Crippen molar-refractivity contribution in [1.82, 2.24) is 10.2 Å². The van der Waals surface area contributed by atoms with Gasteiger partial charge in [-0.25, -0.2) is 0 Å². The number of aryl methyl sites for hydroxylation is 1. The number of ether oxygens (including phenoxy) is 1. The van der Waals surface area contributed by atoms with Gasteiger partial charge >= 0.3 is 0 Å². The molecule has 1 aliphatic rings. The predicted octanol–water partition coefficient (Wildman–Crippen LogP) is 2.49. The standard InChI is InChI=1S/C17H26N2O2/c1-13(2)18-11-15-10-14(3)6-7-16(15)21-12-17(20)19-8-4-5-9-19/h6-7,10,13,18H,4-5,8-9,11-12H2,1-3H3. The number of amides is 1. The summed E-state index contributed by atoms with van der Waals surface area (Å²) in [5, 5.41) is 3.40. The summed E-state index contributed by atoms with van der Waals surface area (Å²) in [6, 6.07) is 6.52. The number of carbonyl (C=O) groups is 1. The predicted molar refractivity (Wildman–Crippen MR) is 84.5 cm³/mol. The minimum atomic E-state index is 0.0934. The van der Waals surface area contributed by atoms with Crippen LogP contribution in [0.15, 0.2) is 18.2 Å². The highest BCUT2D eigenvalue weighted by Gasteiger charge is 2.18. The van der Waals surface area contributed by atoms with Crippen LogP contribution in [-0.4, -0.2) is 36.5 Å². The van der Waals surface area contributed by atoms with Crippen molar-refractivity contribution in [1.29, 1.82) is 0 Å². The molecule has 1 aliphatic heterocycles. The first-order chi connectivity index (χ1) is 10.1. The van der Waals surface area contributed by atoms with Crippen LogP contribution in [0.25, 0.3) is 0 Å². The minimum Gasteiger partial charge on any atom is -0.483 e. The summed E-state index contributed by atoms with van der Waals surface area (Å²) in [7, 11) is 0. The van der Waals surface area contributed by atoms with Crippen LogP contribution < -0.4 is 10.1 Å². The van der Waals surface area contributed by atoms with E-state index in [0.717, 1.165) is 43.8 Å². The van der Waals surface area contributed by atoms with E-state index in [1.54, 1.807) is 0 Å². The maximum Gasteiger partial charge on any atom is 0.260 e. The molecule has 1 N–H and O–H groups in total. The quantitative estimate of drug-likeness (QED) is 0.875. The van der Waals surface area contributed by atoms with Crippen LogP contribution in [0, 0.1) is 6.92 Å². The number of nitrogens with one attached hydrogen (secondary N) is 1. The largest absolute Gasteiger partial charge is 0.483 e. The number of benzene rings is 1. The van der Waals surface area contributed by atoms with Crippen molar-refractivity contribution >= 4 is 5.91 Å². The molecule has 0 saturated carbocycles. The van der Waals surface area contributed by atoms with Gasteiger partial charge in [0.2, 0.25) is 0 Å². The molecule has 4 nitrogen and oxygen atoms in total. The van der Waals surface area contributed by atoms with E-state index < -0.39 is 0 Å². The van der Waals surface area contributed by atoms with E-state index in [4.69, 9.17) is 4.74 Å². The average molecular weight is 290 g/mol. The fourth-order valence-corrected chi connectivity index (χ4v) is 2.50. The minimum absolute atomic E-state index is 0.0934. The lowest BCUT2D eigenvalue weighted by molar-refractivity contribution is -0.132. The Hall–Kier alpha value is -1.55. The molecule has 21 heavy (non-hydrogen) atoms. The fourth-order valence-electron chi connectivity index (χ4n) is 2.50. The zero-order chi connectivity index (χ0) is 15.2. The normalized spacial score (nSPS) is 14.8. The van der Waals surface area contributed by atoms with Crippen LogP contribution in [0.3, 0.4) is 0 Å². The topological polar surface area (TPSA) is 41.6 Å². The van der Waals surface area contributed by atoms with Crippen molar-refractivity contribution in [3.63, 3.8) is 0 Å². The van der Waals surface area contributed by atoms with Gasteiger partial charge in [0.25, 0.3) is 5.91 Å². The van der Waals surface area contributed by atoms with Crippen LogP contribution >= 0.6 is 0 Å². The number of hydrogen-bond donors (Lipinski definition) is 1. The van der Waals surface area contributed by atoms with Crippen LogP contribution in [-0.2, 0) is 11.3 Å². The molecule has 2 rings (SSSR count). The molecule has 0 aliphatic carbocycles. The Morgan fingerprint density at radius 2 is 2.05 bits per heavy atom. The Morgan fingerprint density at radius 3 is 2.71 bits per heavy atom. The number of nitrogens with zero attached hydrogens (tertiary/aromatic N) is 1. The molecule has 0 radical (unpaired) electrons. The summed E-state index contributed by atoms with van der Waals surface area (Å²) in [5.41, 5.74) is 2.31. The molecule has 0 aromatic heterocycles. The van der Waals surface area contributed by atoms with E-state index in [-0.39, 0.29) is 12.5 Å². The fraction of sp³-hybridized carbons (Fsp3) is 0.588. The third kappa shape index (κ3) is 4.74. The zero-order valence-corrected chi connectivity index (χ0v) is 13.3. The summed E-state index contributed by atoms with van der Waals surface area (Å²) in [5.74, 6) is 0.900. The molecule has 116 valence electrons. The van der Waals surface area contributed by atoms with E-state index in [1.807, 2.05) is 17.0 Å². The van der Waals surface area contributed by atoms with Crippen molar-refractivity contribution in [3.8, 4) is 5.75 Å². The maximum absolute atomic E-state index is 12.0. The van der Waals surface area contributed by atoms with Gasteiger partial charge in [0.15, 0.2) is 6.61 Å². The number of likely N-dealkylation sites (tertiary alicyclic amines) is 1. The zero-order valence-electron chi connectivity index (χ0n) is 13.3. The summed E-state index contributed by atoms with van der Waals surface area (Å²) in [4.78, 5) is 13.9. The second-order valence-corrected chi connectivity index (χ2v) is 6.02. The van der Waals surface area contributed by atoms with E-state index in [9.17, 15) is 4.79 Å². The molecule has 1 amide bonds. The van der Waals surface area contributed by atoms with E-state index in [1.165, 1.54) is 5.56 Å².